The fourth-order valence-electron chi connectivity index (χ4n) is 2.00. The fourth-order valence-corrected chi connectivity index (χ4v) is 2.00. The van der Waals surface area contributed by atoms with Gasteiger partial charge in [0.1, 0.15) is 5.82 Å². The van der Waals surface area contributed by atoms with E-state index in [2.05, 4.69) is 5.32 Å². The van der Waals surface area contributed by atoms with Crippen LogP contribution in [-0.4, -0.2) is 24.2 Å². The van der Waals surface area contributed by atoms with Crippen LogP contribution in [0.5, 0.6) is 0 Å². The number of nitrogens with one attached hydrogen (secondary N) is 1. The van der Waals surface area contributed by atoms with Gasteiger partial charge < -0.3 is 10.4 Å². The van der Waals surface area contributed by atoms with Gasteiger partial charge in [0, 0.05) is 19.0 Å². The van der Waals surface area contributed by atoms with Gasteiger partial charge in [0.25, 0.3) is 0 Å². The van der Waals surface area contributed by atoms with Crippen LogP contribution in [0.15, 0.2) is 24.3 Å². The first-order valence-electron chi connectivity index (χ1n) is 4.87. The maximum atomic E-state index is 12.7. The number of carbonyl (C=O) groups is 1. The third-order valence-corrected chi connectivity index (χ3v) is 2.83. The molecule has 5 heteroatoms. The molecule has 1 aromatic carbocycles. The van der Waals surface area contributed by atoms with E-state index < -0.39 is 11.9 Å². The molecule has 2 N–H and O–H groups in total. The molecule has 0 aliphatic carbocycles. The lowest BCUT2D eigenvalue weighted by Crippen LogP contribution is -2.20. The van der Waals surface area contributed by atoms with Crippen molar-refractivity contribution in [1.82, 2.24) is 5.32 Å². The average molecular weight is 246 g/mol. The Hall–Kier alpha value is -1.13. The molecular formula is C11H13ClFNO2. The summed E-state index contributed by atoms with van der Waals surface area (Å²) in [6.07, 6.45) is 0. The van der Waals surface area contributed by atoms with Crippen molar-refractivity contribution in [2.45, 2.75) is 5.92 Å². The zero-order valence-corrected chi connectivity index (χ0v) is 9.34. The molecule has 1 aliphatic rings. The smallest absolute Gasteiger partial charge is 0.308 e. The van der Waals surface area contributed by atoms with Crippen LogP contribution < -0.4 is 5.32 Å². The van der Waals surface area contributed by atoms with Crippen molar-refractivity contribution in [3.8, 4) is 0 Å². The topological polar surface area (TPSA) is 49.3 Å². The Bertz CT molecular complexity index is 369. The summed E-state index contributed by atoms with van der Waals surface area (Å²) in [5.41, 5.74) is 0.883. The summed E-state index contributed by atoms with van der Waals surface area (Å²) in [6.45, 7) is 1.12. The summed E-state index contributed by atoms with van der Waals surface area (Å²) in [7, 11) is 0. The monoisotopic (exact) mass is 245 g/mol. The summed E-state index contributed by atoms with van der Waals surface area (Å²) >= 11 is 0. The van der Waals surface area contributed by atoms with Crippen LogP contribution in [0.2, 0.25) is 0 Å². The first-order chi connectivity index (χ1) is 7.18. The SMILES string of the molecule is Cl.O=C(O)[C@@H]1CNC[C@@H]1c1ccc(F)cc1. The minimum atomic E-state index is -0.797. The Morgan fingerprint density at radius 2 is 1.94 bits per heavy atom. The number of hydrogen-bond donors (Lipinski definition) is 2. The van der Waals surface area contributed by atoms with E-state index in [0.717, 1.165) is 5.56 Å². The molecule has 1 saturated heterocycles. The second-order valence-corrected chi connectivity index (χ2v) is 3.76. The summed E-state index contributed by atoms with van der Waals surface area (Å²) in [5.74, 6) is -1.55. The summed E-state index contributed by atoms with van der Waals surface area (Å²) < 4.78 is 12.7. The molecule has 0 bridgehead atoms. The first kappa shape index (κ1) is 12.9. The van der Waals surface area contributed by atoms with Crippen molar-refractivity contribution in [3.05, 3.63) is 35.6 Å². The molecule has 2 atom stereocenters. The predicted molar refractivity (Wildman–Crippen MR) is 60.4 cm³/mol. The van der Waals surface area contributed by atoms with Gasteiger partial charge in [0.2, 0.25) is 0 Å². The fraction of sp³-hybridized carbons (Fsp3) is 0.364. The van der Waals surface area contributed by atoms with Gasteiger partial charge in [-0.3, -0.25) is 4.79 Å². The Morgan fingerprint density at radius 3 is 2.50 bits per heavy atom. The minimum Gasteiger partial charge on any atom is -0.481 e. The number of carboxylic acids is 1. The number of hydrogen-bond acceptors (Lipinski definition) is 2. The normalized spacial score (nSPS) is 23.8. The average Bonchev–Trinajstić information content (AvgIpc) is 2.67. The number of halogens is 2. The lowest BCUT2D eigenvalue weighted by molar-refractivity contribution is -0.141. The van der Waals surface area contributed by atoms with Crippen molar-refractivity contribution in [2.24, 2.45) is 5.92 Å². The molecule has 0 saturated carbocycles. The summed E-state index contributed by atoms with van der Waals surface area (Å²) in [4.78, 5) is 10.9. The summed E-state index contributed by atoms with van der Waals surface area (Å²) in [5, 5.41) is 12.0. The molecule has 1 aliphatic heterocycles. The predicted octanol–water partition coefficient (Wildman–Crippen LogP) is 1.64. The molecule has 16 heavy (non-hydrogen) atoms. The van der Waals surface area contributed by atoms with Gasteiger partial charge in [-0.15, -0.1) is 12.4 Å². The van der Waals surface area contributed by atoms with Gasteiger partial charge in [-0.1, -0.05) is 12.1 Å². The first-order valence-corrected chi connectivity index (χ1v) is 4.87. The maximum absolute atomic E-state index is 12.7. The van der Waals surface area contributed by atoms with E-state index in [1.165, 1.54) is 12.1 Å². The zero-order valence-electron chi connectivity index (χ0n) is 8.52. The highest BCUT2D eigenvalue weighted by molar-refractivity contribution is 5.85. The van der Waals surface area contributed by atoms with Crippen LogP contribution in [0.1, 0.15) is 11.5 Å². The van der Waals surface area contributed by atoms with Gasteiger partial charge >= 0.3 is 5.97 Å². The van der Waals surface area contributed by atoms with Gasteiger partial charge in [-0.25, -0.2) is 4.39 Å². The van der Waals surface area contributed by atoms with Crippen LogP contribution in [0, 0.1) is 11.7 Å². The highest BCUT2D eigenvalue weighted by atomic mass is 35.5. The third-order valence-electron chi connectivity index (χ3n) is 2.83. The third kappa shape index (κ3) is 2.51. The lowest BCUT2D eigenvalue weighted by atomic mass is 9.89. The quantitative estimate of drug-likeness (QED) is 0.833. The number of carboxylic acid groups (broad SMARTS) is 1. The molecule has 88 valence electrons. The Labute approximate surface area is 99.1 Å². The zero-order chi connectivity index (χ0) is 10.8. The molecule has 0 radical (unpaired) electrons. The van der Waals surface area contributed by atoms with Crippen molar-refractivity contribution in [2.75, 3.05) is 13.1 Å². The molecule has 1 heterocycles. The highest BCUT2D eigenvalue weighted by Gasteiger charge is 2.33. The van der Waals surface area contributed by atoms with E-state index in [1.807, 2.05) is 0 Å². The van der Waals surface area contributed by atoms with E-state index in [4.69, 9.17) is 5.11 Å². The lowest BCUT2D eigenvalue weighted by Gasteiger charge is -2.14. The van der Waals surface area contributed by atoms with Crippen LogP contribution in [-0.2, 0) is 4.79 Å². The standard InChI is InChI=1S/C11H12FNO2.ClH/c12-8-3-1-7(2-4-8)9-5-13-6-10(9)11(14)15;/h1-4,9-10,13H,5-6H2,(H,14,15);1H/t9-,10-;/m1./s1. The highest BCUT2D eigenvalue weighted by Crippen LogP contribution is 2.28. The van der Waals surface area contributed by atoms with Crippen molar-refractivity contribution in [3.63, 3.8) is 0 Å². The van der Waals surface area contributed by atoms with Crippen molar-refractivity contribution in [1.29, 1.82) is 0 Å². The molecule has 0 unspecified atom stereocenters. The van der Waals surface area contributed by atoms with Crippen LogP contribution >= 0.6 is 12.4 Å². The number of aliphatic carboxylic acids is 1. The van der Waals surface area contributed by atoms with Gasteiger partial charge in [-0.05, 0) is 17.7 Å². The molecule has 1 fully saturated rings. The second-order valence-electron chi connectivity index (χ2n) is 3.76. The maximum Gasteiger partial charge on any atom is 0.308 e. The molecular weight excluding hydrogens is 233 g/mol. The largest absolute Gasteiger partial charge is 0.481 e. The van der Waals surface area contributed by atoms with E-state index in [1.54, 1.807) is 12.1 Å². The van der Waals surface area contributed by atoms with Gasteiger partial charge in [0.15, 0.2) is 0 Å². The minimum absolute atomic E-state index is 0. The van der Waals surface area contributed by atoms with Gasteiger partial charge in [-0.2, -0.15) is 0 Å². The van der Waals surface area contributed by atoms with Gasteiger partial charge in [0.05, 0.1) is 5.92 Å². The van der Waals surface area contributed by atoms with Crippen LogP contribution in [0.4, 0.5) is 4.39 Å². The second kappa shape index (κ2) is 5.27. The van der Waals surface area contributed by atoms with Crippen molar-refractivity contribution < 1.29 is 14.3 Å². The molecule has 0 amide bonds. The van der Waals surface area contributed by atoms with Crippen LogP contribution in [0.3, 0.4) is 0 Å². The molecule has 0 spiro atoms. The van der Waals surface area contributed by atoms with E-state index in [-0.39, 0.29) is 24.1 Å². The van der Waals surface area contributed by atoms with E-state index in [9.17, 15) is 9.18 Å². The number of rotatable bonds is 2. The number of benzene rings is 1. The molecule has 1 aromatic rings. The summed E-state index contributed by atoms with van der Waals surface area (Å²) in [6, 6.07) is 6.05. The molecule has 2 rings (SSSR count). The Balaban J connectivity index is 0.00000128. The van der Waals surface area contributed by atoms with E-state index >= 15 is 0 Å². The van der Waals surface area contributed by atoms with E-state index in [0.29, 0.717) is 13.1 Å². The van der Waals surface area contributed by atoms with Crippen LogP contribution in [0.25, 0.3) is 0 Å². The Kier molecular flexibility index (Phi) is 4.26. The van der Waals surface area contributed by atoms with Crippen molar-refractivity contribution >= 4 is 18.4 Å². The molecule has 0 aromatic heterocycles. The molecule has 3 nitrogen and oxygen atoms in total. The Morgan fingerprint density at radius 1 is 1.31 bits per heavy atom.